The van der Waals surface area contributed by atoms with E-state index in [0.29, 0.717) is 22.8 Å². The molecule has 2 aromatic carbocycles. The first-order chi connectivity index (χ1) is 11.8. The SMILES string of the molecule is CS(=O)(=O)N(CCCC(=O)Nc1ccc(Br)cc1)c1cccc(Cl)c1. The maximum Gasteiger partial charge on any atom is 0.232 e. The number of anilines is 2. The Kier molecular flexibility index (Phi) is 6.87. The smallest absolute Gasteiger partial charge is 0.232 e. The van der Waals surface area contributed by atoms with E-state index in [1.807, 2.05) is 12.1 Å². The normalized spacial score (nSPS) is 11.2. The van der Waals surface area contributed by atoms with Gasteiger partial charge in [-0.25, -0.2) is 8.42 Å². The topological polar surface area (TPSA) is 66.5 Å². The van der Waals surface area contributed by atoms with Crippen LogP contribution in [0.4, 0.5) is 11.4 Å². The summed E-state index contributed by atoms with van der Waals surface area (Å²) in [5.41, 5.74) is 1.19. The van der Waals surface area contributed by atoms with Gasteiger partial charge in [0, 0.05) is 28.1 Å². The fraction of sp³-hybridized carbons (Fsp3) is 0.235. The molecule has 0 atom stereocenters. The molecule has 0 aliphatic rings. The highest BCUT2D eigenvalue weighted by Crippen LogP contribution is 2.22. The van der Waals surface area contributed by atoms with Crippen LogP contribution in [0.25, 0.3) is 0 Å². The Balaban J connectivity index is 1.95. The largest absolute Gasteiger partial charge is 0.326 e. The Hall–Kier alpha value is -1.57. The lowest BCUT2D eigenvalue weighted by Crippen LogP contribution is -2.31. The van der Waals surface area contributed by atoms with Crippen LogP contribution >= 0.6 is 27.5 Å². The molecule has 0 spiro atoms. The number of nitrogens with one attached hydrogen (secondary N) is 1. The van der Waals surface area contributed by atoms with Crippen LogP contribution in [0.15, 0.2) is 53.0 Å². The van der Waals surface area contributed by atoms with Crippen molar-refractivity contribution in [2.45, 2.75) is 12.8 Å². The Bertz CT molecular complexity index is 841. The molecule has 0 heterocycles. The zero-order chi connectivity index (χ0) is 18.4. The number of sulfonamides is 1. The minimum atomic E-state index is -3.46. The van der Waals surface area contributed by atoms with E-state index in [9.17, 15) is 13.2 Å². The lowest BCUT2D eigenvalue weighted by atomic mass is 10.2. The molecule has 2 aromatic rings. The van der Waals surface area contributed by atoms with E-state index >= 15 is 0 Å². The second-order valence-electron chi connectivity index (χ2n) is 5.47. The van der Waals surface area contributed by atoms with Crippen LogP contribution in [0.2, 0.25) is 5.02 Å². The first-order valence-electron chi connectivity index (χ1n) is 7.54. The molecule has 1 amide bonds. The molecule has 5 nitrogen and oxygen atoms in total. The molecule has 25 heavy (non-hydrogen) atoms. The first-order valence-corrected chi connectivity index (χ1v) is 10.6. The zero-order valence-electron chi connectivity index (χ0n) is 13.6. The van der Waals surface area contributed by atoms with Gasteiger partial charge in [0.1, 0.15) is 0 Å². The van der Waals surface area contributed by atoms with Gasteiger partial charge in [-0.05, 0) is 48.9 Å². The summed E-state index contributed by atoms with van der Waals surface area (Å²) in [4.78, 5) is 12.0. The Morgan fingerprint density at radius 1 is 1.20 bits per heavy atom. The fourth-order valence-corrected chi connectivity index (χ4v) is 3.66. The number of amides is 1. The van der Waals surface area contributed by atoms with Crippen LogP contribution in [0.1, 0.15) is 12.8 Å². The van der Waals surface area contributed by atoms with Crippen LogP contribution in [0.3, 0.4) is 0 Å². The molecule has 0 radical (unpaired) electrons. The molecule has 0 saturated carbocycles. The molecule has 2 rings (SSSR count). The third kappa shape index (κ3) is 6.34. The van der Waals surface area contributed by atoms with Crippen molar-refractivity contribution in [1.29, 1.82) is 0 Å². The Morgan fingerprint density at radius 3 is 2.48 bits per heavy atom. The van der Waals surface area contributed by atoms with Crippen molar-refractivity contribution in [3.63, 3.8) is 0 Å². The lowest BCUT2D eigenvalue weighted by molar-refractivity contribution is -0.116. The number of hydrogen-bond donors (Lipinski definition) is 1. The van der Waals surface area contributed by atoms with Gasteiger partial charge in [0.2, 0.25) is 15.9 Å². The van der Waals surface area contributed by atoms with Crippen molar-refractivity contribution in [3.05, 3.63) is 58.0 Å². The number of benzene rings is 2. The zero-order valence-corrected chi connectivity index (χ0v) is 16.7. The van der Waals surface area contributed by atoms with Gasteiger partial charge in [0.05, 0.1) is 11.9 Å². The van der Waals surface area contributed by atoms with Crippen molar-refractivity contribution in [3.8, 4) is 0 Å². The third-order valence-electron chi connectivity index (χ3n) is 3.39. The van der Waals surface area contributed by atoms with Gasteiger partial charge in [-0.3, -0.25) is 9.10 Å². The number of carbonyl (C=O) groups is 1. The van der Waals surface area contributed by atoms with E-state index in [2.05, 4.69) is 21.2 Å². The molecule has 134 valence electrons. The Morgan fingerprint density at radius 2 is 1.88 bits per heavy atom. The molecule has 0 aliphatic carbocycles. The maximum absolute atomic E-state index is 12.0. The van der Waals surface area contributed by atoms with Crippen LogP contribution < -0.4 is 9.62 Å². The van der Waals surface area contributed by atoms with Gasteiger partial charge >= 0.3 is 0 Å². The molecule has 1 N–H and O–H groups in total. The van der Waals surface area contributed by atoms with Crippen LogP contribution in [-0.2, 0) is 14.8 Å². The van der Waals surface area contributed by atoms with E-state index < -0.39 is 10.0 Å². The minimum Gasteiger partial charge on any atom is -0.326 e. The van der Waals surface area contributed by atoms with E-state index in [4.69, 9.17) is 11.6 Å². The molecule has 0 aromatic heterocycles. The summed E-state index contributed by atoms with van der Waals surface area (Å²) in [6.45, 7) is 0.201. The molecule has 0 fully saturated rings. The van der Waals surface area contributed by atoms with Crippen molar-refractivity contribution < 1.29 is 13.2 Å². The quantitative estimate of drug-likeness (QED) is 0.691. The summed E-state index contributed by atoms with van der Waals surface area (Å²) in [7, 11) is -3.46. The van der Waals surface area contributed by atoms with Gasteiger partial charge in [0.25, 0.3) is 0 Å². The van der Waals surface area contributed by atoms with Gasteiger partial charge in [-0.2, -0.15) is 0 Å². The Labute approximate surface area is 161 Å². The van der Waals surface area contributed by atoms with Gasteiger partial charge in [-0.1, -0.05) is 33.6 Å². The summed E-state index contributed by atoms with van der Waals surface area (Å²) in [6.07, 6.45) is 1.74. The second kappa shape index (κ2) is 8.69. The summed E-state index contributed by atoms with van der Waals surface area (Å²) in [5.74, 6) is -0.165. The van der Waals surface area contributed by atoms with E-state index in [1.165, 1.54) is 4.31 Å². The summed E-state index contributed by atoms with van der Waals surface area (Å²) in [6, 6.07) is 13.9. The summed E-state index contributed by atoms with van der Waals surface area (Å²) < 4.78 is 26.2. The maximum atomic E-state index is 12.0. The van der Waals surface area contributed by atoms with Crippen LogP contribution in [0.5, 0.6) is 0 Å². The number of rotatable bonds is 7. The highest BCUT2D eigenvalue weighted by atomic mass is 79.9. The van der Waals surface area contributed by atoms with Crippen LogP contribution in [-0.4, -0.2) is 27.1 Å². The lowest BCUT2D eigenvalue weighted by Gasteiger charge is -2.22. The van der Waals surface area contributed by atoms with E-state index in [1.54, 1.807) is 36.4 Å². The molecule has 0 aliphatic heterocycles. The monoisotopic (exact) mass is 444 g/mol. The second-order valence-corrected chi connectivity index (χ2v) is 8.73. The van der Waals surface area contributed by atoms with Crippen molar-refractivity contribution in [1.82, 2.24) is 0 Å². The molecule has 0 bridgehead atoms. The average molecular weight is 446 g/mol. The number of carbonyl (C=O) groups excluding carboxylic acids is 1. The average Bonchev–Trinajstić information content (AvgIpc) is 2.52. The minimum absolute atomic E-state index is 0.165. The van der Waals surface area contributed by atoms with Gasteiger partial charge in [-0.15, -0.1) is 0 Å². The first kappa shape index (κ1) is 19.8. The van der Waals surface area contributed by atoms with Crippen molar-refractivity contribution in [2.24, 2.45) is 0 Å². The molecule has 0 unspecified atom stereocenters. The summed E-state index contributed by atoms with van der Waals surface area (Å²) in [5, 5.41) is 3.24. The van der Waals surface area contributed by atoms with Gasteiger partial charge in [0.15, 0.2) is 0 Å². The highest BCUT2D eigenvalue weighted by Gasteiger charge is 2.17. The van der Waals surface area contributed by atoms with Crippen LogP contribution in [0, 0.1) is 0 Å². The highest BCUT2D eigenvalue weighted by molar-refractivity contribution is 9.10. The van der Waals surface area contributed by atoms with Crippen molar-refractivity contribution in [2.75, 3.05) is 22.4 Å². The molecule has 8 heteroatoms. The number of halogens is 2. The number of nitrogens with zero attached hydrogens (tertiary/aromatic N) is 1. The summed E-state index contributed by atoms with van der Waals surface area (Å²) >= 11 is 9.27. The molecular formula is C17H18BrClN2O3S. The predicted molar refractivity (Wildman–Crippen MR) is 106 cm³/mol. The van der Waals surface area contributed by atoms with E-state index in [-0.39, 0.29) is 18.9 Å². The van der Waals surface area contributed by atoms with E-state index in [0.717, 1.165) is 10.7 Å². The predicted octanol–water partition coefficient (Wildman–Crippen LogP) is 4.29. The fourth-order valence-electron chi connectivity index (χ4n) is 2.26. The number of hydrogen-bond acceptors (Lipinski definition) is 3. The molecule has 0 saturated heterocycles. The van der Waals surface area contributed by atoms with Crippen molar-refractivity contribution >= 4 is 54.8 Å². The molecular weight excluding hydrogens is 428 g/mol. The van der Waals surface area contributed by atoms with Gasteiger partial charge < -0.3 is 5.32 Å². The third-order valence-corrected chi connectivity index (χ3v) is 5.35. The standard InChI is InChI=1S/C17H18BrClN2O3S/c1-25(23,24)21(16-5-2-4-14(19)12-16)11-3-6-17(22)20-15-9-7-13(18)8-10-15/h2,4-5,7-10,12H,3,6,11H2,1H3,(H,20,22).